The van der Waals surface area contributed by atoms with E-state index < -0.39 is 0 Å². The average Bonchev–Trinajstić information content (AvgIpc) is 1.90. The van der Waals surface area contributed by atoms with Gasteiger partial charge in [-0.15, -0.1) is 12.4 Å². The number of rotatable bonds is 0. The molecule has 1 aliphatic rings. The summed E-state index contributed by atoms with van der Waals surface area (Å²) in [5, 5.41) is 0. The largest absolute Gasteiger partial charge is 0.339 e. The second-order valence-corrected chi connectivity index (χ2v) is 2.23. The Morgan fingerprint density at radius 3 is 2.50 bits per heavy atom. The van der Waals surface area contributed by atoms with Crippen LogP contribution in [-0.2, 0) is 4.79 Å². The predicted molar refractivity (Wildman–Crippen MR) is 43.3 cm³/mol. The fourth-order valence-corrected chi connectivity index (χ4v) is 0.927. The lowest BCUT2D eigenvalue weighted by molar-refractivity contribution is -0.128. The van der Waals surface area contributed by atoms with E-state index in [4.69, 9.17) is 0 Å². The fraction of sp³-hybridized carbons (Fsp3) is 0.571. The second kappa shape index (κ2) is 4.34. The first-order valence-corrected chi connectivity index (χ1v) is 3.21. The summed E-state index contributed by atoms with van der Waals surface area (Å²) in [6.07, 6.45) is 5.16. The monoisotopic (exact) mass is 161 g/mol. The van der Waals surface area contributed by atoms with Gasteiger partial charge < -0.3 is 4.90 Å². The zero-order valence-corrected chi connectivity index (χ0v) is 6.86. The Kier molecular flexibility index (Phi) is 4.12. The Morgan fingerprint density at radius 1 is 1.50 bits per heavy atom. The number of carbonyl (C=O) groups is 1. The van der Waals surface area contributed by atoms with Crippen LogP contribution in [0, 0.1) is 0 Å². The quantitative estimate of drug-likeness (QED) is 0.490. The van der Waals surface area contributed by atoms with E-state index in [-0.39, 0.29) is 18.3 Å². The summed E-state index contributed by atoms with van der Waals surface area (Å²) in [5.74, 6) is 0.180. The first-order valence-electron chi connectivity index (χ1n) is 3.21. The van der Waals surface area contributed by atoms with Crippen LogP contribution in [0.3, 0.4) is 0 Å². The van der Waals surface area contributed by atoms with Crippen molar-refractivity contribution < 1.29 is 4.79 Å². The van der Waals surface area contributed by atoms with E-state index in [0.29, 0.717) is 0 Å². The lowest BCUT2D eigenvalue weighted by Crippen LogP contribution is -2.31. The summed E-state index contributed by atoms with van der Waals surface area (Å²) in [6, 6.07) is 0. The molecule has 0 saturated carbocycles. The highest BCUT2D eigenvalue weighted by Gasteiger charge is 2.06. The molecule has 2 nitrogen and oxygen atoms in total. The van der Waals surface area contributed by atoms with E-state index in [9.17, 15) is 4.79 Å². The Morgan fingerprint density at radius 2 is 2.20 bits per heavy atom. The number of hydrogen-bond acceptors (Lipinski definition) is 1. The highest BCUT2D eigenvalue weighted by atomic mass is 35.5. The Labute approximate surface area is 67.3 Å². The van der Waals surface area contributed by atoms with Crippen molar-refractivity contribution in [2.45, 2.75) is 13.3 Å². The lowest BCUT2D eigenvalue weighted by Gasteiger charge is -2.20. The van der Waals surface area contributed by atoms with Gasteiger partial charge in [0.05, 0.1) is 0 Å². The number of nitrogens with zero attached hydrogens (tertiary/aromatic N) is 1. The van der Waals surface area contributed by atoms with Crippen LogP contribution in [0.1, 0.15) is 13.3 Å². The van der Waals surface area contributed by atoms with Crippen molar-refractivity contribution in [1.82, 2.24) is 4.90 Å². The third-order valence-electron chi connectivity index (χ3n) is 1.50. The van der Waals surface area contributed by atoms with Crippen molar-refractivity contribution in [2.75, 3.05) is 13.1 Å². The highest BCUT2D eigenvalue weighted by molar-refractivity contribution is 5.85. The SMILES string of the molecule is CC(=O)N1CC=CCC1.Cl. The third kappa shape index (κ3) is 2.40. The molecule has 0 N–H and O–H groups in total. The van der Waals surface area contributed by atoms with Gasteiger partial charge in [0.1, 0.15) is 0 Å². The average molecular weight is 162 g/mol. The van der Waals surface area contributed by atoms with Gasteiger partial charge in [0.25, 0.3) is 0 Å². The lowest BCUT2D eigenvalue weighted by atomic mass is 10.2. The van der Waals surface area contributed by atoms with E-state index in [0.717, 1.165) is 19.5 Å². The molecule has 10 heavy (non-hydrogen) atoms. The molecule has 0 aromatic heterocycles. The van der Waals surface area contributed by atoms with Crippen LogP contribution in [-0.4, -0.2) is 23.9 Å². The Hall–Kier alpha value is -0.500. The van der Waals surface area contributed by atoms with Crippen LogP contribution in [0.25, 0.3) is 0 Å². The normalized spacial score (nSPS) is 16.3. The fourth-order valence-electron chi connectivity index (χ4n) is 0.927. The summed E-state index contributed by atoms with van der Waals surface area (Å²) in [5.41, 5.74) is 0. The predicted octanol–water partition coefficient (Wildman–Crippen LogP) is 1.22. The standard InChI is InChI=1S/C7H11NO.ClH/c1-7(9)8-5-3-2-4-6-8;/h2-3H,4-6H2,1H3;1H. The van der Waals surface area contributed by atoms with Crippen molar-refractivity contribution in [3.8, 4) is 0 Å². The molecule has 0 aromatic rings. The number of halogens is 1. The molecule has 1 heterocycles. The van der Waals surface area contributed by atoms with Crippen LogP contribution >= 0.6 is 12.4 Å². The first-order chi connectivity index (χ1) is 4.30. The zero-order valence-electron chi connectivity index (χ0n) is 6.04. The summed E-state index contributed by atoms with van der Waals surface area (Å²) >= 11 is 0. The number of hydrogen-bond donors (Lipinski definition) is 0. The molecule has 0 saturated heterocycles. The minimum atomic E-state index is 0. The smallest absolute Gasteiger partial charge is 0.219 e. The van der Waals surface area contributed by atoms with Crippen LogP contribution in [0.5, 0.6) is 0 Å². The minimum Gasteiger partial charge on any atom is -0.339 e. The molecule has 0 aromatic carbocycles. The van der Waals surface area contributed by atoms with Crippen molar-refractivity contribution >= 4 is 18.3 Å². The summed E-state index contributed by atoms with van der Waals surface area (Å²) in [6.45, 7) is 3.31. The maximum absolute atomic E-state index is 10.7. The van der Waals surface area contributed by atoms with Crippen LogP contribution < -0.4 is 0 Å². The summed E-state index contributed by atoms with van der Waals surface area (Å²) in [7, 11) is 0. The number of carbonyl (C=O) groups excluding carboxylic acids is 1. The molecule has 0 unspecified atom stereocenters. The molecule has 0 aliphatic carbocycles. The first kappa shape index (κ1) is 9.50. The van der Waals surface area contributed by atoms with E-state index in [1.165, 1.54) is 0 Å². The van der Waals surface area contributed by atoms with Gasteiger partial charge in [0.2, 0.25) is 5.91 Å². The minimum absolute atomic E-state index is 0. The molecule has 58 valence electrons. The van der Waals surface area contributed by atoms with Crippen molar-refractivity contribution in [1.29, 1.82) is 0 Å². The van der Waals surface area contributed by atoms with Crippen LogP contribution in [0.2, 0.25) is 0 Å². The topological polar surface area (TPSA) is 20.3 Å². The molecular formula is C7H12ClNO. The third-order valence-corrected chi connectivity index (χ3v) is 1.50. The van der Waals surface area contributed by atoms with E-state index >= 15 is 0 Å². The molecule has 1 amide bonds. The van der Waals surface area contributed by atoms with Gasteiger partial charge in [-0.1, -0.05) is 12.2 Å². The molecule has 3 heteroatoms. The van der Waals surface area contributed by atoms with Gasteiger partial charge >= 0.3 is 0 Å². The molecule has 0 bridgehead atoms. The maximum Gasteiger partial charge on any atom is 0.219 e. The van der Waals surface area contributed by atoms with Gasteiger partial charge in [0, 0.05) is 20.0 Å². The molecule has 1 aliphatic heterocycles. The van der Waals surface area contributed by atoms with Crippen molar-refractivity contribution in [2.24, 2.45) is 0 Å². The number of amides is 1. The van der Waals surface area contributed by atoms with E-state index in [1.54, 1.807) is 6.92 Å². The summed E-state index contributed by atoms with van der Waals surface area (Å²) < 4.78 is 0. The molecule has 1 rings (SSSR count). The Bertz CT molecular complexity index is 145. The van der Waals surface area contributed by atoms with Gasteiger partial charge in [-0.25, -0.2) is 0 Å². The highest BCUT2D eigenvalue weighted by Crippen LogP contribution is 1.99. The van der Waals surface area contributed by atoms with E-state index in [2.05, 4.69) is 6.08 Å². The molecule has 0 fully saturated rings. The summed E-state index contributed by atoms with van der Waals surface area (Å²) in [4.78, 5) is 12.5. The second-order valence-electron chi connectivity index (χ2n) is 2.23. The maximum atomic E-state index is 10.7. The van der Waals surface area contributed by atoms with Gasteiger partial charge in [-0.05, 0) is 6.42 Å². The molecule has 0 atom stereocenters. The zero-order chi connectivity index (χ0) is 6.69. The van der Waals surface area contributed by atoms with E-state index in [1.807, 2.05) is 11.0 Å². The molecule has 0 radical (unpaired) electrons. The Balaban J connectivity index is 0.000000810. The van der Waals surface area contributed by atoms with Crippen LogP contribution in [0.4, 0.5) is 0 Å². The van der Waals surface area contributed by atoms with Gasteiger partial charge in [-0.3, -0.25) is 4.79 Å². The van der Waals surface area contributed by atoms with Crippen molar-refractivity contribution in [3.05, 3.63) is 12.2 Å². The van der Waals surface area contributed by atoms with Crippen molar-refractivity contribution in [3.63, 3.8) is 0 Å². The van der Waals surface area contributed by atoms with Crippen LogP contribution in [0.15, 0.2) is 12.2 Å². The van der Waals surface area contributed by atoms with Gasteiger partial charge in [0.15, 0.2) is 0 Å². The molecule has 0 spiro atoms. The van der Waals surface area contributed by atoms with Gasteiger partial charge in [-0.2, -0.15) is 0 Å². The molecular weight excluding hydrogens is 150 g/mol.